The molecule has 4 saturated heterocycles. The SMILES string of the molecule is C=C[C@H]1CN2CC[C@H]1C[C@H]2[C@H](OC(=O)[C@@H]1CCCN1C(=O)OC(C)(C)C)c1ccnc2ccc(OC)cc12. The number of ether oxygens (including phenoxy) is 3. The molecule has 0 radical (unpaired) electrons. The number of esters is 1. The number of methoxy groups -OCH3 is 1. The smallest absolute Gasteiger partial charge is 0.411 e. The highest BCUT2D eigenvalue weighted by atomic mass is 16.6. The molecule has 6 rings (SSSR count). The van der Waals surface area contributed by atoms with Crippen LogP contribution in [0.3, 0.4) is 0 Å². The molecule has 1 aromatic carbocycles. The van der Waals surface area contributed by atoms with E-state index in [4.69, 9.17) is 14.2 Å². The molecule has 8 nitrogen and oxygen atoms in total. The quantitative estimate of drug-likeness (QED) is 0.385. The molecule has 0 N–H and O–H groups in total. The van der Waals surface area contributed by atoms with Crippen LogP contribution in [0.5, 0.6) is 5.75 Å². The predicted octanol–water partition coefficient (Wildman–Crippen LogP) is 5.12. The average Bonchev–Trinajstić information content (AvgIpc) is 3.41. The highest BCUT2D eigenvalue weighted by molar-refractivity contribution is 5.85. The average molecular weight is 522 g/mol. The Hall–Kier alpha value is -3.13. The number of rotatable bonds is 6. The van der Waals surface area contributed by atoms with E-state index in [2.05, 4.69) is 22.5 Å². The summed E-state index contributed by atoms with van der Waals surface area (Å²) in [6, 6.07) is 7.10. The second-order valence-electron chi connectivity index (χ2n) is 11.7. The van der Waals surface area contributed by atoms with Crippen molar-refractivity contribution in [1.29, 1.82) is 0 Å². The lowest BCUT2D eigenvalue weighted by atomic mass is 9.73. The summed E-state index contributed by atoms with van der Waals surface area (Å²) in [5, 5.41) is 0.906. The summed E-state index contributed by atoms with van der Waals surface area (Å²) in [7, 11) is 1.64. The number of aromatic nitrogens is 1. The van der Waals surface area contributed by atoms with Crippen LogP contribution in [0.4, 0.5) is 4.79 Å². The number of piperidine rings is 3. The molecule has 1 unspecified atom stereocenters. The number of hydrogen-bond acceptors (Lipinski definition) is 7. The van der Waals surface area contributed by atoms with Gasteiger partial charge in [-0.1, -0.05) is 6.08 Å². The van der Waals surface area contributed by atoms with Crippen LogP contribution in [-0.4, -0.2) is 71.3 Å². The second-order valence-corrected chi connectivity index (χ2v) is 11.7. The van der Waals surface area contributed by atoms with E-state index in [0.29, 0.717) is 24.8 Å². The van der Waals surface area contributed by atoms with Crippen LogP contribution in [0.25, 0.3) is 10.9 Å². The van der Waals surface area contributed by atoms with Gasteiger partial charge in [-0.3, -0.25) is 14.8 Å². The summed E-state index contributed by atoms with van der Waals surface area (Å²) in [5.41, 5.74) is 1.10. The maximum atomic E-state index is 13.8. The van der Waals surface area contributed by atoms with E-state index in [1.807, 2.05) is 45.0 Å². The predicted molar refractivity (Wildman–Crippen MR) is 145 cm³/mol. The third-order valence-corrected chi connectivity index (χ3v) is 8.19. The zero-order valence-corrected chi connectivity index (χ0v) is 22.9. The molecule has 2 bridgehead atoms. The number of carbonyl (C=O) groups is 2. The fraction of sp³-hybridized carbons (Fsp3) is 0.567. The minimum Gasteiger partial charge on any atom is -0.497 e. The van der Waals surface area contributed by atoms with E-state index in [1.165, 1.54) is 4.90 Å². The lowest BCUT2D eigenvalue weighted by Gasteiger charge is -2.51. The Labute approximate surface area is 224 Å². The number of amides is 1. The zero-order valence-electron chi connectivity index (χ0n) is 22.9. The number of nitrogens with zero attached hydrogens (tertiary/aromatic N) is 3. The summed E-state index contributed by atoms with van der Waals surface area (Å²) in [6.45, 7) is 11.9. The van der Waals surface area contributed by atoms with Crippen molar-refractivity contribution in [2.75, 3.05) is 26.7 Å². The van der Waals surface area contributed by atoms with Gasteiger partial charge in [0, 0.05) is 30.2 Å². The first-order chi connectivity index (χ1) is 18.2. The molecule has 0 aliphatic carbocycles. The molecule has 4 aliphatic rings. The number of hydrogen-bond donors (Lipinski definition) is 0. The van der Waals surface area contributed by atoms with Gasteiger partial charge in [0.15, 0.2) is 0 Å². The van der Waals surface area contributed by atoms with Crippen LogP contribution < -0.4 is 4.74 Å². The van der Waals surface area contributed by atoms with Crippen LogP contribution in [0.1, 0.15) is 58.1 Å². The van der Waals surface area contributed by atoms with Gasteiger partial charge in [-0.05, 0) is 89.1 Å². The van der Waals surface area contributed by atoms with Crippen molar-refractivity contribution >= 4 is 23.0 Å². The molecule has 0 saturated carbocycles. The zero-order chi connectivity index (χ0) is 27.0. The summed E-state index contributed by atoms with van der Waals surface area (Å²) in [4.78, 5) is 35.2. The summed E-state index contributed by atoms with van der Waals surface area (Å²) in [6.07, 6.45) is 6.20. The van der Waals surface area contributed by atoms with Crippen LogP contribution in [0, 0.1) is 11.8 Å². The van der Waals surface area contributed by atoms with Crippen molar-refractivity contribution in [1.82, 2.24) is 14.8 Å². The topological polar surface area (TPSA) is 81.2 Å². The monoisotopic (exact) mass is 521 g/mol. The number of carbonyl (C=O) groups excluding carboxylic acids is 2. The van der Waals surface area contributed by atoms with Crippen molar-refractivity contribution in [3.63, 3.8) is 0 Å². The van der Waals surface area contributed by atoms with Gasteiger partial charge in [-0.25, -0.2) is 9.59 Å². The third-order valence-electron chi connectivity index (χ3n) is 8.19. The van der Waals surface area contributed by atoms with Gasteiger partial charge >= 0.3 is 12.1 Å². The molecule has 5 heterocycles. The van der Waals surface area contributed by atoms with E-state index in [1.54, 1.807) is 13.3 Å². The Morgan fingerprint density at radius 3 is 2.68 bits per heavy atom. The Balaban J connectivity index is 1.48. The van der Waals surface area contributed by atoms with E-state index < -0.39 is 23.8 Å². The molecule has 38 heavy (non-hydrogen) atoms. The first kappa shape index (κ1) is 26.5. The molecule has 4 aliphatic heterocycles. The fourth-order valence-corrected chi connectivity index (χ4v) is 6.32. The largest absolute Gasteiger partial charge is 0.497 e. The van der Waals surface area contributed by atoms with E-state index >= 15 is 0 Å². The molecule has 204 valence electrons. The third kappa shape index (κ3) is 5.23. The fourth-order valence-electron chi connectivity index (χ4n) is 6.32. The Morgan fingerprint density at radius 1 is 1.18 bits per heavy atom. The summed E-state index contributed by atoms with van der Waals surface area (Å²) < 4.78 is 17.6. The van der Waals surface area contributed by atoms with Crippen LogP contribution >= 0.6 is 0 Å². The van der Waals surface area contributed by atoms with Gasteiger partial charge in [0.25, 0.3) is 0 Å². The van der Waals surface area contributed by atoms with E-state index in [-0.39, 0.29) is 12.0 Å². The molecule has 1 amide bonds. The summed E-state index contributed by atoms with van der Waals surface area (Å²) >= 11 is 0. The Bertz CT molecular complexity index is 1210. The minimum atomic E-state index is -0.660. The Kier molecular flexibility index (Phi) is 7.36. The van der Waals surface area contributed by atoms with Crippen LogP contribution in [-0.2, 0) is 14.3 Å². The standard InChI is InChI=1S/C30H39N3O5/c1-6-19-18-32-15-12-20(19)16-26(32)27(22-11-13-31-24-10-9-21(36-5)17-23(22)24)37-28(34)25-8-7-14-33(25)29(35)38-30(2,3)4/h6,9-11,13,17,19-20,25-27H,1,7-8,12,14-16,18H2,2-5H3/t19-,20-,25-,26-,27+/m0/s1. The molecule has 6 atom stereocenters. The van der Waals surface area contributed by atoms with Crippen molar-refractivity contribution in [2.24, 2.45) is 11.8 Å². The van der Waals surface area contributed by atoms with Crippen LogP contribution in [0.15, 0.2) is 43.1 Å². The number of benzene rings is 1. The molecule has 0 spiro atoms. The van der Waals surface area contributed by atoms with Gasteiger partial charge in [0.1, 0.15) is 23.5 Å². The van der Waals surface area contributed by atoms with Gasteiger partial charge in [-0.15, -0.1) is 6.58 Å². The molecule has 2 aromatic rings. The second kappa shape index (κ2) is 10.6. The number of fused-ring (bicyclic) bond motifs is 4. The van der Waals surface area contributed by atoms with E-state index in [0.717, 1.165) is 54.6 Å². The van der Waals surface area contributed by atoms with Gasteiger partial charge in [0.05, 0.1) is 18.7 Å². The van der Waals surface area contributed by atoms with Crippen LogP contribution in [0.2, 0.25) is 0 Å². The molecule has 4 fully saturated rings. The molecule has 8 heteroatoms. The normalized spacial score (nSPS) is 27.7. The van der Waals surface area contributed by atoms with Gasteiger partial charge in [-0.2, -0.15) is 0 Å². The molecular formula is C30H39N3O5. The van der Waals surface area contributed by atoms with Crippen molar-refractivity contribution < 1.29 is 23.8 Å². The summed E-state index contributed by atoms with van der Waals surface area (Å²) in [5.74, 6) is 1.30. The first-order valence-corrected chi connectivity index (χ1v) is 13.7. The van der Waals surface area contributed by atoms with Crippen molar-refractivity contribution in [2.45, 2.75) is 70.2 Å². The lowest BCUT2D eigenvalue weighted by molar-refractivity contribution is -0.162. The maximum Gasteiger partial charge on any atom is 0.411 e. The lowest BCUT2D eigenvalue weighted by Crippen LogP contribution is -2.56. The number of pyridine rings is 1. The molecule has 1 aromatic heterocycles. The minimum absolute atomic E-state index is 0.0297. The Morgan fingerprint density at radius 2 is 2.00 bits per heavy atom. The van der Waals surface area contributed by atoms with Crippen molar-refractivity contribution in [3.8, 4) is 5.75 Å². The van der Waals surface area contributed by atoms with E-state index in [9.17, 15) is 9.59 Å². The van der Waals surface area contributed by atoms with Crippen molar-refractivity contribution in [3.05, 3.63) is 48.7 Å². The molecular weight excluding hydrogens is 482 g/mol. The number of likely N-dealkylation sites (tertiary alicyclic amines) is 1. The maximum absolute atomic E-state index is 13.8. The highest BCUT2D eigenvalue weighted by Gasteiger charge is 2.46. The first-order valence-electron chi connectivity index (χ1n) is 13.7. The van der Waals surface area contributed by atoms with Gasteiger partial charge in [0.2, 0.25) is 0 Å². The van der Waals surface area contributed by atoms with Gasteiger partial charge < -0.3 is 14.2 Å². The highest BCUT2D eigenvalue weighted by Crippen LogP contribution is 2.44.